The molecule has 0 unspecified atom stereocenters. The van der Waals surface area contributed by atoms with E-state index in [0.717, 1.165) is 17.3 Å². The van der Waals surface area contributed by atoms with E-state index in [9.17, 15) is 19.2 Å². The highest BCUT2D eigenvalue weighted by Gasteiger charge is 2.24. The Hall–Kier alpha value is -3.39. The van der Waals surface area contributed by atoms with Crippen LogP contribution in [0.2, 0.25) is 0 Å². The summed E-state index contributed by atoms with van der Waals surface area (Å²) < 4.78 is 5.01. The fraction of sp³-hybridized carbons (Fsp3) is 0.100. The van der Waals surface area contributed by atoms with Crippen LogP contribution in [0.5, 0.6) is 0 Å². The quantitative estimate of drug-likeness (QED) is 0.595. The molecule has 0 bridgehead atoms. The zero-order valence-corrected chi connectivity index (χ0v) is 15.7. The first-order valence-corrected chi connectivity index (χ1v) is 9.11. The maximum atomic E-state index is 12.1. The lowest BCUT2D eigenvalue weighted by atomic mass is 10.1. The number of esters is 1. The molecule has 0 atom stereocenters. The number of carbonyl (C=O) groups is 4. The molecule has 0 saturated carbocycles. The van der Waals surface area contributed by atoms with E-state index >= 15 is 0 Å². The maximum Gasteiger partial charge on any atom is 0.338 e. The van der Waals surface area contributed by atoms with E-state index in [1.807, 2.05) is 19.1 Å². The molecule has 2 aromatic carbocycles. The Labute approximate surface area is 165 Å². The van der Waals surface area contributed by atoms with Crippen molar-refractivity contribution < 1.29 is 23.9 Å². The number of carbonyl (C=O) groups excluding carboxylic acids is 4. The van der Waals surface area contributed by atoms with Gasteiger partial charge in [-0.1, -0.05) is 29.8 Å². The van der Waals surface area contributed by atoms with E-state index in [0.29, 0.717) is 11.3 Å². The molecule has 8 heteroatoms. The molecular formula is C20H16N2O5S. The number of thioether (sulfide) groups is 1. The number of nitrogens with one attached hydrogen (secondary N) is 2. The lowest BCUT2D eigenvalue weighted by Gasteiger charge is -2.07. The molecule has 1 aliphatic rings. The average molecular weight is 396 g/mol. The number of rotatable bonds is 5. The van der Waals surface area contributed by atoms with Crippen LogP contribution >= 0.6 is 11.8 Å². The fourth-order valence-electron chi connectivity index (χ4n) is 2.34. The van der Waals surface area contributed by atoms with Crippen molar-refractivity contribution in [2.45, 2.75) is 6.92 Å². The highest BCUT2D eigenvalue weighted by atomic mass is 32.2. The zero-order chi connectivity index (χ0) is 20.1. The number of hydrogen-bond donors (Lipinski definition) is 2. The predicted molar refractivity (Wildman–Crippen MR) is 106 cm³/mol. The summed E-state index contributed by atoms with van der Waals surface area (Å²) in [7, 11) is 0. The van der Waals surface area contributed by atoms with Gasteiger partial charge in [-0.3, -0.25) is 19.7 Å². The van der Waals surface area contributed by atoms with Crippen molar-refractivity contribution in [3.8, 4) is 0 Å². The van der Waals surface area contributed by atoms with E-state index in [2.05, 4.69) is 10.6 Å². The van der Waals surface area contributed by atoms with Gasteiger partial charge in [-0.05, 0) is 54.6 Å². The van der Waals surface area contributed by atoms with Gasteiger partial charge in [0.05, 0.1) is 10.5 Å². The number of hydrogen-bond acceptors (Lipinski definition) is 6. The predicted octanol–water partition coefficient (Wildman–Crippen LogP) is 3.11. The van der Waals surface area contributed by atoms with Crippen LogP contribution in [0.1, 0.15) is 21.5 Å². The van der Waals surface area contributed by atoms with Gasteiger partial charge in [-0.2, -0.15) is 0 Å². The molecular weight excluding hydrogens is 380 g/mol. The summed E-state index contributed by atoms with van der Waals surface area (Å²) in [5.41, 5.74) is 2.62. The maximum absolute atomic E-state index is 12.1. The second-order valence-electron chi connectivity index (χ2n) is 5.96. The van der Waals surface area contributed by atoms with Crippen LogP contribution in [0.4, 0.5) is 10.5 Å². The third kappa shape index (κ3) is 5.08. The van der Waals surface area contributed by atoms with Crippen LogP contribution < -0.4 is 10.6 Å². The molecule has 0 aliphatic carbocycles. The number of anilines is 1. The van der Waals surface area contributed by atoms with Crippen molar-refractivity contribution in [3.05, 3.63) is 70.1 Å². The van der Waals surface area contributed by atoms with Gasteiger partial charge in [0.2, 0.25) is 0 Å². The summed E-state index contributed by atoms with van der Waals surface area (Å²) in [5.74, 6) is -1.52. The second-order valence-corrected chi connectivity index (χ2v) is 6.98. The zero-order valence-electron chi connectivity index (χ0n) is 14.9. The normalized spacial score (nSPS) is 14.7. The highest BCUT2D eigenvalue weighted by Crippen LogP contribution is 2.25. The molecule has 28 heavy (non-hydrogen) atoms. The Kier molecular flexibility index (Phi) is 5.90. The first kappa shape index (κ1) is 19.4. The first-order valence-electron chi connectivity index (χ1n) is 8.29. The van der Waals surface area contributed by atoms with Crippen LogP contribution in [-0.4, -0.2) is 29.6 Å². The molecule has 0 aromatic heterocycles. The van der Waals surface area contributed by atoms with Crippen LogP contribution in [0.25, 0.3) is 6.08 Å². The third-order valence-electron chi connectivity index (χ3n) is 3.76. The first-order chi connectivity index (χ1) is 13.4. The van der Waals surface area contributed by atoms with Crippen molar-refractivity contribution in [1.82, 2.24) is 5.32 Å². The topological polar surface area (TPSA) is 102 Å². The Morgan fingerprint density at radius 2 is 1.75 bits per heavy atom. The summed E-state index contributed by atoms with van der Waals surface area (Å²) >= 11 is 0.817. The Morgan fingerprint density at radius 3 is 2.36 bits per heavy atom. The SMILES string of the molecule is Cc1ccc(NC(=O)COC(=O)c2ccc(/C=C3/SC(=O)NC3=O)cc2)cc1. The van der Waals surface area contributed by atoms with Gasteiger partial charge in [-0.15, -0.1) is 0 Å². The van der Waals surface area contributed by atoms with Crippen molar-refractivity contribution >= 4 is 46.5 Å². The lowest BCUT2D eigenvalue weighted by Crippen LogP contribution is -2.20. The van der Waals surface area contributed by atoms with Gasteiger partial charge in [0.1, 0.15) is 0 Å². The van der Waals surface area contributed by atoms with Crippen molar-refractivity contribution in [2.24, 2.45) is 0 Å². The number of imide groups is 1. The number of amides is 3. The Morgan fingerprint density at radius 1 is 1.07 bits per heavy atom. The molecule has 7 nitrogen and oxygen atoms in total. The van der Waals surface area contributed by atoms with Gasteiger partial charge in [0.25, 0.3) is 17.1 Å². The summed E-state index contributed by atoms with van der Waals surface area (Å²) in [5, 5.41) is 4.39. The third-order valence-corrected chi connectivity index (χ3v) is 4.57. The molecule has 1 fully saturated rings. The Balaban J connectivity index is 1.54. The summed E-state index contributed by atoms with van der Waals surface area (Å²) in [6.45, 7) is 1.54. The molecule has 0 radical (unpaired) electrons. The van der Waals surface area contributed by atoms with E-state index < -0.39 is 29.6 Å². The molecule has 2 aromatic rings. The highest BCUT2D eigenvalue weighted by molar-refractivity contribution is 8.18. The minimum Gasteiger partial charge on any atom is -0.452 e. The second kappa shape index (κ2) is 8.53. The van der Waals surface area contributed by atoms with Crippen LogP contribution in [-0.2, 0) is 14.3 Å². The molecule has 3 rings (SSSR count). The van der Waals surface area contributed by atoms with Crippen molar-refractivity contribution in [2.75, 3.05) is 11.9 Å². The van der Waals surface area contributed by atoms with E-state index in [-0.39, 0.29) is 10.5 Å². The van der Waals surface area contributed by atoms with Crippen molar-refractivity contribution in [3.63, 3.8) is 0 Å². The molecule has 2 N–H and O–H groups in total. The average Bonchev–Trinajstić information content (AvgIpc) is 2.99. The summed E-state index contributed by atoms with van der Waals surface area (Å²) in [6, 6.07) is 13.5. The molecule has 1 heterocycles. The van der Waals surface area contributed by atoms with Crippen LogP contribution in [0.15, 0.2) is 53.4 Å². The van der Waals surface area contributed by atoms with E-state index in [1.54, 1.807) is 30.3 Å². The van der Waals surface area contributed by atoms with E-state index in [1.165, 1.54) is 12.1 Å². The van der Waals surface area contributed by atoms with Crippen LogP contribution in [0.3, 0.4) is 0 Å². The molecule has 1 aliphatic heterocycles. The van der Waals surface area contributed by atoms with Gasteiger partial charge in [0.15, 0.2) is 6.61 Å². The number of ether oxygens (including phenoxy) is 1. The number of benzene rings is 2. The minimum atomic E-state index is -0.638. The molecule has 0 spiro atoms. The van der Waals surface area contributed by atoms with E-state index in [4.69, 9.17) is 4.74 Å². The lowest BCUT2D eigenvalue weighted by molar-refractivity contribution is -0.119. The largest absolute Gasteiger partial charge is 0.452 e. The monoisotopic (exact) mass is 396 g/mol. The summed E-state index contributed by atoms with van der Waals surface area (Å²) in [4.78, 5) is 46.9. The summed E-state index contributed by atoms with van der Waals surface area (Å²) in [6.07, 6.45) is 1.55. The van der Waals surface area contributed by atoms with Gasteiger partial charge in [0, 0.05) is 5.69 Å². The Bertz CT molecular complexity index is 965. The van der Waals surface area contributed by atoms with Gasteiger partial charge in [-0.25, -0.2) is 4.79 Å². The molecule has 3 amide bonds. The standard InChI is InChI=1S/C20H16N2O5S/c1-12-2-8-15(9-3-12)21-17(23)11-27-19(25)14-6-4-13(5-7-14)10-16-18(24)22-20(26)28-16/h2-10H,11H2,1H3,(H,21,23)(H,22,24,26)/b16-10+. The molecule has 1 saturated heterocycles. The number of aryl methyl sites for hydroxylation is 1. The smallest absolute Gasteiger partial charge is 0.338 e. The molecule has 142 valence electrons. The van der Waals surface area contributed by atoms with Crippen molar-refractivity contribution in [1.29, 1.82) is 0 Å². The van der Waals surface area contributed by atoms with Gasteiger partial charge >= 0.3 is 5.97 Å². The van der Waals surface area contributed by atoms with Crippen LogP contribution in [0, 0.1) is 6.92 Å². The van der Waals surface area contributed by atoms with Gasteiger partial charge < -0.3 is 10.1 Å². The minimum absolute atomic E-state index is 0.268. The fourth-order valence-corrected chi connectivity index (χ4v) is 3.02.